The predicted octanol–water partition coefficient (Wildman–Crippen LogP) is 11.1. The van der Waals surface area contributed by atoms with Crippen molar-refractivity contribution in [3.05, 3.63) is 150 Å². The number of benzene rings is 5. The van der Waals surface area contributed by atoms with E-state index in [1.165, 1.54) is 54.8 Å². The maximum atomic E-state index is 6.74. The molecule has 5 heteroatoms. The first-order valence-electron chi connectivity index (χ1n) is 15.8. The van der Waals surface area contributed by atoms with Gasteiger partial charge in [-0.25, -0.2) is 0 Å². The van der Waals surface area contributed by atoms with Crippen molar-refractivity contribution in [3.63, 3.8) is 0 Å². The Labute approximate surface area is 291 Å². The molecule has 0 aliphatic rings. The number of hydrogen-bond acceptors (Lipinski definition) is 3. The van der Waals surface area contributed by atoms with Crippen LogP contribution in [0.2, 0.25) is 0 Å². The van der Waals surface area contributed by atoms with Crippen LogP contribution >= 0.6 is 0 Å². The van der Waals surface area contributed by atoms with Gasteiger partial charge in [0, 0.05) is 54.0 Å². The van der Waals surface area contributed by atoms with E-state index < -0.39 is 0 Å². The average molecular weight is 796 g/mol. The Hall–Kier alpha value is -5.35. The van der Waals surface area contributed by atoms with E-state index >= 15 is 0 Å². The van der Waals surface area contributed by atoms with Crippen molar-refractivity contribution in [1.82, 2.24) is 14.4 Å². The third-order valence-electron chi connectivity index (χ3n) is 9.29. The zero-order chi connectivity index (χ0) is 31.6. The van der Waals surface area contributed by atoms with Gasteiger partial charge in [-0.1, -0.05) is 71.1 Å². The Morgan fingerprint density at radius 1 is 0.583 bits per heavy atom. The van der Waals surface area contributed by atoms with Gasteiger partial charge >= 0.3 is 0 Å². The monoisotopic (exact) mass is 796 g/mol. The second-order valence-electron chi connectivity index (χ2n) is 12.2. The van der Waals surface area contributed by atoms with Crippen LogP contribution in [-0.4, -0.2) is 14.4 Å². The van der Waals surface area contributed by atoms with Crippen LogP contribution < -0.4 is 0 Å². The molecule has 4 nitrogen and oxygen atoms in total. The van der Waals surface area contributed by atoms with E-state index in [0.717, 1.165) is 44.5 Å². The van der Waals surface area contributed by atoms with Gasteiger partial charge in [0.05, 0.1) is 27.5 Å². The molecular weight excluding hydrogens is 767 g/mol. The molecule has 233 valence electrons. The summed E-state index contributed by atoms with van der Waals surface area (Å²) < 4.78 is 9.13. The maximum Gasteiger partial charge on any atom is 0.131 e. The van der Waals surface area contributed by atoms with E-state index in [-0.39, 0.29) is 20.1 Å². The number of aromatic nitrogens is 3. The Balaban J connectivity index is 0.000000203. The number of nitrogens with zero attached hydrogens (tertiary/aromatic N) is 3. The van der Waals surface area contributed by atoms with Crippen LogP contribution in [0.25, 0.3) is 82.5 Å². The van der Waals surface area contributed by atoms with Crippen molar-refractivity contribution in [3.8, 4) is 22.5 Å². The first-order chi connectivity index (χ1) is 23.1. The summed E-state index contributed by atoms with van der Waals surface area (Å²) in [5.41, 5.74) is 12.8. The van der Waals surface area contributed by atoms with Crippen LogP contribution in [0.1, 0.15) is 16.7 Å². The first kappa shape index (κ1) is 30.0. The molecule has 0 spiro atoms. The van der Waals surface area contributed by atoms with Crippen molar-refractivity contribution in [2.24, 2.45) is 0 Å². The molecule has 10 rings (SSSR count). The van der Waals surface area contributed by atoms with E-state index in [4.69, 9.17) is 9.40 Å². The van der Waals surface area contributed by atoms with Crippen molar-refractivity contribution in [2.45, 2.75) is 20.8 Å². The minimum absolute atomic E-state index is 0. The second-order valence-corrected chi connectivity index (χ2v) is 12.2. The Morgan fingerprint density at radius 2 is 1.33 bits per heavy atom. The molecule has 0 amide bonds. The van der Waals surface area contributed by atoms with Gasteiger partial charge in [0.2, 0.25) is 0 Å². The summed E-state index contributed by atoms with van der Waals surface area (Å²) in [7, 11) is 0. The summed E-state index contributed by atoms with van der Waals surface area (Å²) in [6.07, 6.45) is 3.80. The van der Waals surface area contributed by atoms with E-state index in [2.05, 4.69) is 108 Å². The Kier molecular flexibility index (Phi) is 7.32. The zero-order valence-electron chi connectivity index (χ0n) is 26.6. The fourth-order valence-electron chi connectivity index (χ4n) is 6.83. The van der Waals surface area contributed by atoms with Crippen molar-refractivity contribution in [1.29, 1.82) is 0 Å². The van der Waals surface area contributed by atoms with Crippen LogP contribution in [0.4, 0.5) is 0 Å². The standard InChI is InChI=1S/C31H19N2O.C12H10N.Ir/c1-17-14-25(32-16-18(17)2)21-11-7-10-20-24-15-23-19-8-3-5-12-26(19)33-27-13-6-4-9-22(27)28(29(23)33)31(24)34-30(20)21;1-10-7-8-12(13-9-10)11-5-3-2-4-6-11;/h3-10,12-16H,1-2H3;2-5,7-9H,1H3;/q2*-1;. The number of furan rings is 1. The minimum Gasteiger partial charge on any atom is -0.500 e. The van der Waals surface area contributed by atoms with Crippen LogP contribution in [0.5, 0.6) is 0 Å². The van der Waals surface area contributed by atoms with Gasteiger partial charge in [-0.3, -0.25) is 0 Å². The molecule has 5 aromatic heterocycles. The van der Waals surface area contributed by atoms with E-state index in [9.17, 15) is 0 Å². The van der Waals surface area contributed by atoms with Crippen molar-refractivity contribution < 1.29 is 24.5 Å². The van der Waals surface area contributed by atoms with Gasteiger partial charge in [-0.15, -0.1) is 54.1 Å². The largest absolute Gasteiger partial charge is 0.500 e. The maximum absolute atomic E-state index is 6.74. The molecule has 0 atom stereocenters. The molecule has 0 saturated carbocycles. The SMILES string of the molecule is Cc1ccc(-c2[c-]cccc2)nc1.Cc1cnc(-c2[c-]ccc3c2oc2c3cc3c4ccccc4n4c5ccccc5c2c34)cc1C.[Ir]. The fourth-order valence-corrected chi connectivity index (χ4v) is 6.83. The number of rotatable bonds is 2. The summed E-state index contributed by atoms with van der Waals surface area (Å²) in [6, 6.07) is 44.3. The summed E-state index contributed by atoms with van der Waals surface area (Å²) >= 11 is 0. The summed E-state index contributed by atoms with van der Waals surface area (Å²) in [4.78, 5) is 9.03. The number of aryl methyl sites for hydroxylation is 3. The van der Waals surface area contributed by atoms with Crippen LogP contribution in [0, 0.1) is 32.9 Å². The summed E-state index contributed by atoms with van der Waals surface area (Å²) in [6.45, 7) is 6.24. The van der Waals surface area contributed by atoms with Gasteiger partial charge < -0.3 is 18.8 Å². The van der Waals surface area contributed by atoms with E-state index in [0.29, 0.717) is 0 Å². The average Bonchev–Trinajstić information content (AvgIpc) is 3.77. The van der Waals surface area contributed by atoms with Gasteiger partial charge in [0.1, 0.15) is 5.58 Å². The van der Waals surface area contributed by atoms with Crippen LogP contribution in [0.3, 0.4) is 0 Å². The summed E-state index contributed by atoms with van der Waals surface area (Å²) in [5.74, 6) is 0. The molecule has 1 radical (unpaired) electrons. The molecule has 0 bridgehead atoms. The Bertz CT molecular complexity index is 2760. The quantitative estimate of drug-likeness (QED) is 0.164. The molecule has 0 unspecified atom stereocenters. The first-order valence-corrected chi connectivity index (χ1v) is 15.8. The van der Waals surface area contributed by atoms with E-state index in [1.54, 1.807) is 0 Å². The molecule has 48 heavy (non-hydrogen) atoms. The second kappa shape index (κ2) is 11.7. The van der Waals surface area contributed by atoms with Gasteiger partial charge in [0.25, 0.3) is 0 Å². The summed E-state index contributed by atoms with van der Waals surface area (Å²) in [5, 5.41) is 7.15. The van der Waals surface area contributed by atoms with Crippen molar-refractivity contribution >= 4 is 60.0 Å². The molecule has 0 fully saturated rings. The van der Waals surface area contributed by atoms with Gasteiger partial charge in [-0.2, -0.15) is 0 Å². The van der Waals surface area contributed by atoms with Crippen molar-refractivity contribution in [2.75, 3.05) is 0 Å². The number of para-hydroxylation sites is 2. The number of pyridine rings is 2. The molecular formula is C43H29IrN3O-2. The van der Waals surface area contributed by atoms with Crippen LogP contribution in [-0.2, 0) is 20.1 Å². The third-order valence-corrected chi connectivity index (χ3v) is 9.29. The molecule has 0 N–H and O–H groups in total. The zero-order valence-corrected chi connectivity index (χ0v) is 29.0. The molecule has 10 aromatic rings. The van der Waals surface area contributed by atoms with E-state index in [1.807, 2.05) is 55.7 Å². The normalized spacial score (nSPS) is 11.5. The molecule has 5 aromatic carbocycles. The minimum atomic E-state index is 0. The molecule has 0 aliphatic carbocycles. The predicted molar refractivity (Wildman–Crippen MR) is 193 cm³/mol. The molecule has 0 aliphatic heterocycles. The topological polar surface area (TPSA) is 43.3 Å². The molecule has 0 saturated heterocycles. The van der Waals surface area contributed by atoms with Crippen LogP contribution in [0.15, 0.2) is 126 Å². The molecule has 5 heterocycles. The van der Waals surface area contributed by atoms with Gasteiger partial charge in [-0.05, 0) is 61.5 Å². The fraction of sp³-hybridized carbons (Fsp3) is 0.0698. The number of hydrogen-bond donors (Lipinski definition) is 0. The Morgan fingerprint density at radius 3 is 2.08 bits per heavy atom. The third kappa shape index (κ3) is 4.62. The van der Waals surface area contributed by atoms with Gasteiger partial charge in [0.15, 0.2) is 0 Å². The smallest absolute Gasteiger partial charge is 0.131 e. The number of fused-ring (bicyclic) bond motifs is 10.